The van der Waals surface area contributed by atoms with Crippen LogP contribution < -0.4 is 16.0 Å². The van der Waals surface area contributed by atoms with Crippen molar-refractivity contribution in [2.75, 3.05) is 13.1 Å². The van der Waals surface area contributed by atoms with E-state index in [4.69, 9.17) is 0 Å². The van der Waals surface area contributed by atoms with Crippen LogP contribution in [0, 0.1) is 6.92 Å². The average Bonchev–Trinajstić information content (AvgIpc) is 3.12. The van der Waals surface area contributed by atoms with E-state index in [2.05, 4.69) is 16.0 Å². The first-order chi connectivity index (χ1) is 11.5. The van der Waals surface area contributed by atoms with E-state index >= 15 is 0 Å². The van der Waals surface area contributed by atoms with Crippen LogP contribution in [0.4, 0.5) is 0 Å². The van der Waals surface area contributed by atoms with E-state index in [-0.39, 0.29) is 24.9 Å². The molecule has 3 amide bonds. The van der Waals surface area contributed by atoms with Crippen LogP contribution in [-0.2, 0) is 16.1 Å². The molecule has 6 nitrogen and oxygen atoms in total. The maximum Gasteiger partial charge on any atom is 0.261 e. The molecule has 1 aromatic carbocycles. The van der Waals surface area contributed by atoms with Gasteiger partial charge in [-0.15, -0.1) is 11.3 Å². The van der Waals surface area contributed by atoms with Crippen LogP contribution >= 0.6 is 11.3 Å². The molecule has 0 unspecified atom stereocenters. The van der Waals surface area contributed by atoms with Crippen molar-refractivity contribution in [3.05, 3.63) is 57.8 Å². The Morgan fingerprint density at radius 1 is 0.917 bits per heavy atom. The average molecular weight is 345 g/mol. The normalized spacial score (nSPS) is 10.0. The predicted octanol–water partition coefficient (Wildman–Crippen LogP) is 1.22. The van der Waals surface area contributed by atoms with Crippen LogP contribution in [0.3, 0.4) is 0 Å². The Labute approximate surface area is 144 Å². The number of aryl methyl sites for hydroxylation is 1. The van der Waals surface area contributed by atoms with Gasteiger partial charge < -0.3 is 16.0 Å². The van der Waals surface area contributed by atoms with Gasteiger partial charge in [0, 0.05) is 6.54 Å². The van der Waals surface area contributed by atoms with Gasteiger partial charge in [0.05, 0.1) is 18.0 Å². The molecule has 0 aliphatic heterocycles. The third-order valence-electron chi connectivity index (χ3n) is 3.21. The number of carbonyl (C=O) groups excluding carboxylic acids is 3. The minimum absolute atomic E-state index is 0.125. The maximum absolute atomic E-state index is 11.7. The zero-order chi connectivity index (χ0) is 17.4. The summed E-state index contributed by atoms with van der Waals surface area (Å²) in [6.07, 6.45) is 0. The van der Waals surface area contributed by atoms with Crippen LogP contribution in [0.5, 0.6) is 0 Å². The highest BCUT2D eigenvalue weighted by molar-refractivity contribution is 7.12. The van der Waals surface area contributed by atoms with Crippen molar-refractivity contribution in [1.29, 1.82) is 0 Å². The minimum atomic E-state index is -0.412. The molecular weight excluding hydrogens is 326 g/mol. The third-order valence-corrected chi connectivity index (χ3v) is 4.08. The minimum Gasteiger partial charge on any atom is -0.350 e. The van der Waals surface area contributed by atoms with Crippen molar-refractivity contribution in [2.45, 2.75) is 13.5 Å². The molecule has 0 saturated heterocycles. The van der Waals surface area contributed by atoms with Crippen molar-refractivity contribution in [3.63, 3.8) is 0 Å². The van der Waals surface area contributed by atoms with Crippen molar-refractivity contribution in [1.82, 2.24) is 16.0 Å². The van der Waals surface area contributed by atoms with Gasteiger partial charge in [0.15, 0.2) is 0 Å². The van der Waals surface area contributed by atoms with Gasteiger partial charge in [0.1, 0.15) is 0 Å². The summed E-state index contributed by atoms with van der Waals surface area (Å²) in [7, 11) is 0. The quantitative estimate of drug-likeness (QED) is 0.705. The molecule has 0 atom stereocenters. The standard InChI is InChI=1S/C17H19N3O3S/c1-12-4-6-13(7-5-12)9-18-15(21)10-19-16(22)11-20-17(23)14-3-2-8-24-14/h2-8H,9-11H2,1H3,(H,18,21)(H,19,22)(H,20,23). The Bertz CT molecular complexity index is 696. The van der Waals surface area contributed by atoms with E-state index in [0.717, 1.165) is 11.1 Å². The van der Waals surface area contributed by atoms with Gasteiger partial charge in [-0.3, -0.25) is 14.4 Å². The molecule has 0 spiro atoms. The van der Waals surface area contributed by atoms with Crippen LogP contribution in [0.2, 0.25) is 0 Å². The lowest BCUT2D eigenvalue weighted by Gasteiger charge is -2.08. The van der Waals surface area contributed by atoms with E-state index in [9.17, 15) is 14.4 Å². The van der Waals surface area contributed by atoms with Crippen molar-refractivity contribution in [2.24, 2.45) is 0 Å². The number of amides is 3. The predicted molar refractivity (Wildman–Crippen MR) is 92.7 cm³/mol. The summed E-state index contributed by atoms with van der Waals surface area (Å²) in [5.41, 5.74) is 2.14. The Hall–Kier alpha value is -2.67. The third kappa shape index (κ3) is 5.85. The summed E-state index contributed by atoms with van der Waals surface area (Å²) < 4.78 is 0. The maximum atomic E-state index is 11.7. The van der Waals surface area contributed by atoms with Crippen LogP contribution in [-0.4, -0.2) is 30.8 Å². The fraction of sp³-hybridized carbons (Fsp3) is 0.235. The Balaban J connectivity index is 1.63. The number of hydrogen-bond donors (Lipinski definition) is 3. The molecule has 1 heterocycles. The largest absolute Gasteiger partial charge is 0.350 e. The highest BCUT2D eigenvalue weighted by Gasteiger charge is 2.09. The summed E-state index contributed by atoms with van der Waals surface area (Å²) in [5, 5.41) is 9.47. The van der Waals surface area contributed by atoms with Gasteiger partial charge in [-0.25, -0.2) is 0 Å². The van der Waals surface area contributed by atoms with Gasteiger partial charge in [0.25, 0.3) is 5.91 Å². The molecule has 0 bridgehead atoms. The molecule has 2 aromatic rings. The molecule has 126 valence electrons. The zero-order valence-corrected chi connectivity index (χ0v) is 14.1. The SMILES string of the molecule is Cc1ccc(CNC(=O)CNC(=O)CNC(=O)c2cccs2)cc1. The summed E-state index contributed by atoms with van der Waals surface area (Å²) in [5.74, 6) is -0.997. The monoisotopic (exact) mass is 345 g/mol. The first-order valence-electron chi connectivity index (χ1n) is 7.45. The van der Waals surface area contributed by atoms with E-state index in [1.54, 1.807) is 17.5 Å². The first-order valence-corrected chi connectivity index (χ1v) is 8.33. The second-order valence-electron chi connectivity index (χ2n) is 5.20. The fourth-order valence-electron chi connectivity index (χ4n) is 1.87. The molecule has 1 aromatic heterocycles. The van der Waals surface area contributed by atoms with Crippen molar-refractivity contribution < 1.29 is 14.4 Å². The van der Waals surface area contributed by atoms with Crippen LogP contribution in [0.25, 0.3) is 0 Å². The van der Waals surface area contributed by atoms with Gasteiger partial charge in [-0.2, -0.15) is 0 Å². The van der Waals surface area contributed by atoms with E-state index in [1.807, 2.05) is 31.2 Å². The first kappa shape index (κ1) is 17.7. The second-order valence-corrected chi connectivity index (χ2v) is 6.15. The van der Waals surface area contributed by atoms with Crippen molar-refractivity contribution >= 4 is 29.1 Å². The molecule has 0 aliphatic carbocycles. The summed E-state index contributed by atoms with van der Waals surface area (Å²) in [6.45, 7) is 2.11. The van der Waals surface area contributed by atoms with Crippen LogP contribution in [0.1, 0.15) is 20.8 Å². The summed E-state index contributed by atoms with van der Waals surface area (Å²) >= 11 is 1.30. The van der Waals surface area contributed by atoms with Gasteiger partial charge in [-0.1, -0.05) is 35.9 Å². The molecule has 3 N–H and O–H groups in total. The Morgan fingerprint density at radius 3 is 2.25 bits per heavy atom. The highest BCUT2D eigenvalue weighted by Crippen LogP contribution is 2.07. The summed E-state index contributed by atoms with van der Waals surface area (Å²) in [6, 6.07) is 11.3. The Kier molecular flexibility index (Phi) is 6.51. The van der Waals surface area contributed by atoms with Gasteiger partial charge in [0.2, 0.25) is 11.8 Å². The number of benzene rings is 1. The molecule has 7 heteroatoms. The lowest BCUT2D eigenvalue weighted by atomic mass is 10.1. The Morgan fingerprint density at radius 2 is 1.58 bits per heavy atom. The topological polar surface area (TPSA) is 87.3 Å². The van der Waals surface area contributed by atoms with Gasteiger partial charge in [-0.05, 0) is 23.9 Å². The molecule has 0 saturated carbocycles. The number of nitrogens with one attached hydrogen (secondary N) is 3. The van der Waals surface area contributed by atoms with Gasteiger partial charge >= 0.3 is 0 Å². The van der Waals surface area contributed by atoms with Crippen molar-refractivity contribution in [3.8, 4) is 0 Å². The number of hydrogen-bond acceptors (Lipinski definition) is 4. The van der Waals surface area contributed by atoms with E-state index < -0.39 is 5.91 Å². The lowest BCUT2D eigenvalue weighted by molar-refractivity contribution is -0.125. The molecule has 24 heavy (non-hydrogen) atoms. The van der Waals surface area contributed by atoms with E-state index in [1.165, 1.54) is 11.3 Å². The zero-order valence-electron chi connectivity index (χ0n) is 13.3. The number of rotatable bonds is 7. The number of carbonyl (C=O) groups is 3. The number of thiophene rings is 1. The summed E-state index contributed by atoms with van der Waals surface area (Å²) in [4.78, 5) is 35.5. The second kappa shape index (κ2) is 8.83. The lowest BCUT2D eigenvalue weighted by Crippen LogP contribution is -2.41. The van der Waals surface area contributed by atoms with Crippen LogP contribution in [0.15, 0.2) is 41.8 Å². The smallest absolute Gasteiger partial charge is 0.261 e. The molecular formula is C17H19N3O3S. The molecule has 0 fully saturated rings. The highest BCUT2D eigenvalue weighted by atomic mass is 32.1. The van der Waals surface area contributed by atoms with E-state index in [0.29, 0.717) is 11.4 Å². The molecule has 0 radical (unpaired) electrons. The fourth-order valence-corrected chi connectivity index (χ4v) is 2.51. The molecule has 0 aliphatic rings. The molecule has 2 rings (SSSR count).